The third kappa shape index (κ3) is 3.55. The van der Waals surface area contributed by atoms with E-state index in [1.54, 1.807) is 18.1 Å². The number of likely N-dealkylation sites (tertiary alicyclic amines) is 1. The zero-order valence-corrected chi connectivity index (χ0v) is 14.4. The zero-order valence-electron chi connectivity index (χ0n) is 14.4. The number of methoxy groups -OCH3 is 1. The van der Waals surface area contributed by atoms with Crippen molar-refractivity contribution in [2.24, 2.45) is 0 Å². The smallest absolute Gasteiger partial charge is 0.200 e. The molecule has 1 aromatic carbocycles. The number of nitrogens with two attached hydrogens (primary N) is 1. The first-order chi connectivity index (χ1) is 12.0. The fourth-order valence-corrected chi connectivity index (χ4v) is 2.83. The highest BCUT2D eigenvalue weighted by molar-refractivity contribution is 6.57. The zero-order chi connectivity index (χ0) is 18.0. The van der Waals surface area contributed by atoms with E-state index in [0.717, 1.165) is 29.0 Å². The molecule has 1 saturated heterocycles. The standard InChI is InChI=1S/C18H20BN3O3/c1-3-11-7-13(14-5-4-6-17(20)21-14)16(24-2)8-15(11)25-12-9-22(10-12)18(19)23/h4-8,12H,3,9-10H2,1-2H3,(H2,20,21). The van der Waals surface area contributed by atoms with Gasteiger partial charge in [0.2, 0.25) is 7.85 Å². The Balaban J connectivity index is 1.89. The van der Waals surface area contributed by atoms with Crippen molar-refractivity contribution in [2.45, 2.75) is 19.4 Å². The van der Waals surface area contributed by atoms with Gasteiger partial charge >= 0.3 is 0 Å². The highest BCUT2D eigenvalue weighted by Crippen LogP contribution is 2.36. The van der Waals surface area contributed by atoms with Crippen molar-refractivity contribution in [3.05, 3.63) is 35.9 Å². The van der Waals surface area contributed by atoms with Crippen LogP contribution in [0.4, 0.5) is 10.6 Å². The number of nitrogen functional groups attached to an aromatic ring is 1. The highest BCUT2D eigenvalue weighted by Gasteiger charge is 2.30. The summed E-state index contributed by atoms with van der Waals surface area (Å²) in [5.74, 6) is 1.45. The normalized spacial score (nSPS) is 14.1. The number of nitrogens with zero attached hydrogens (tertiary/aromatic N) is 2. The van der Waals surface area contributed by atoms with Crippen molar-refractivity contribution in [2.75, 3.05) is 25.9 Å². The maximum absolute atomic E-state index is 11.1. The molecule has 2 N–H and O–H groups in total. The molecule has 0 saturated carbocycles. The molecular formula is C18H20BN3O3. The first kappa shape index (κ1) is 17.1. The van der Waals surface area contributed by atoms with E-state index in [0.29, 0.717) is 24.7 Å². The molecule has 0 bridgehead atoms. The van der Waals surface area contributed by atoms with Crippen LogP contribution in [-0.4, -0.2) is 49.8 Å². The molecular weight excluding hydrogens is 317 g/mol. The van der Waals surface area contributed by atoms with Crippen LogP contribution >= 0.6 is 0 Å². The van der Waals surface area contributed by atoms with Crippen LogP contribution in [0.25, 0.3) is 11.3 Å². The van der Waals surface area contributed by atoms with Crippen molar-refractivity contribution < 1.29 is 14.3 Å². The molecule has 2 aromatic rings. The summed E-state index contributed by atoms with van der Waals surface area (Å²) in [5, 5.41) is 0. The minimum Gasteiger partial charge on any atom is -0.496 e. The van der Waals surface area contributed by atoms with Gasteiger partial charge in [0.1, 0.15) is 23.4 Å². The Bertz CT molecular complexity index is 791. The summed E-state index contributed by atoms with van der Waals surface area (Å²) in [6.07, 6.45) is 0.736. The molecule has 1 aromatic heterocycles. The lowest BCUT2D eigenvalue weighted by Crippen LogP contribution is -2.55. The van der Waals surface area contributed by atoms with E-state index < -0.39 is 5.81 Å². The molecule has 3 rings (SSSR count). The summed E-state index contributed by atoms with van der Waals surface area (Å²) in [5.41, 5.74) is 8.46. The van der Waals surface area contributed by atoms with Crippen LogP contribution in [0.2, 0.25) is 0 Å². The van der Waals surface area contributed by atoms with Crippen LogP contribution in [0.1, 0.15) is 12.5 Å². The molecule has 2 heterocycles. The SMILES string of the molecule is [B]C(=O)N1CC(Oc2cc(OC)c(-c3cccc(N)n3)cc2CC)C1. The molecule has 7 heteroatoms. The van der Waals surface area contributed by atoms with Gasteiger partial charge in [-0.25, -0.2) is 4.98 Å². The Hall–Kier alpha value is -2.70. The molecule has 1 fully saturated rings. The lowest BCUT2D eigenvalue weighted by atomic mass is 10.0. The molecule has 128 valence electrons. The van der Waals surface area contributed by atoms with Gasteiger partial charge in [0.25, 0.3) is 0 Å². The van der Waals surface area contributed by atoms with Crippen LogP contribution in [0.3, 0.4) is 0 Å². The van der Waals surface area contributed by atoms with Crippen LogP contribution in [0.15, 0.2) is 30.3 Å². The summed E-state index contributed by atoms with van der Waals surface area (Å²) in [6, 6.07) is 9.38. The minimum atomic E-state index is -0.420. The van der Waals surface area contributed by atoms with Crippen LogP contribution < -0.4 is 15.2 Å². The van der Waals surface area contributed by atoms with Gasteiger partial charge in [0.05, 0.1) is 25.9 Å². The second-order valence-electron chi connectivity index (χ2n) is 5.94. The average molecular weight is 337 g/mol. The molecule has 0 unspecified atom stereocenters. The quantitative estimate of drug-likeness (QED) is 0.847. The number of hydrogen-bond donors (Lipinski definition) is 1. The average Bonchev–Trinajstić information content (AvgIpc) is 2.56. The fraction of sp³-hybridized carbons (Fsp3) is 0.333. The Kier molecular flexibility index (Phi) is 4.83. The number of amides is 1. The number of aryl methyl sites for hydroxylation is 1. The van der Waals surface area contributed by atoms with Crippen molar-refractivity contribution in [3.8, 4) is 22.8 Å². The molecule has 6 nitrogen and oxygen atoms in total. The highest BCUT2D eigenvalue weighted by atomic mass is 16.5. The number of anilines is 1. The van der Waals surface area contributed by atoms with Crippen molar-refractivity contribution >= 4 is 19.5 Å². The van der Waals surface area contributed by atoms with Crippen molar-refractivity contribution in [1.82, 2.24) is 9.88 Å². The van der Waals surface area contributed by atoms with E-state index in [4.69, 9.17) is 23.1 Å². The maximum Gasteiger partial charge on any atom is 0.200 e. The van der Waals surface area contributed by atoms with Crippen LogP contribution in [-0.2, 0) is 6.42 Å². The molecule has 0 aliphatic carbocycles. The van der Waals surface area contributed by atoms with Crippen molar-refractivity contribution in [1.29, 1.82) is 0 Å². The second kappa shape index (κ2) is 7.05. The van der Waals surface area contributed by atoms with E-state index in [-0.39, 0.29) is 6.10 Å². The van der Waals surface area contributed by atoms with Gasteiger partial charge in [-0.2, -0.15) is 0 Å². The Labute approximate surface area is 148 Å². The molecule has 0 spiro atoms. The number of pyridine rings is 1. The topological polar surface area (TPSA) is 77.7 Å². The number of rotatable bonds is 5. The van der Waals surface area contributed by atoms with E-state index in [1.807, 2.05) is 24.3 Å². The number of carbonyl (C=O) groups excluding carboxylic acids is 1. The van der Waals surface area contributed by atoms with Gasteiger partial charge in [-0.1, -0.05) is 13.0 Å². The van der Waals surface area contributed by atoms with E-state index in [9.17, 15) is 4.79 Å². The minimum absolute atomic E-state index is 0.0566. The summed E-state index contributed by atoms with van der Waals surface area (Å²) < 4.78 is 11.6. The van der Waals surface area contributed by atoms with E-state index in [2.05, 4.69) is 11.9 Å². The molecule has 25 heavy (non-hydrogen) atoms. The number of aromatic nitrogens is 1. The number of benzene rings is 1. The molecule has 0 atom stereocenters. The van der Waals surface area contributed by atoms with Gasteiger partial charge < -0.3 is 20.1 Å². The van der Waals surface area contributed by atoms with E-state index >= 15 is 0 Å². The third-order valence-corrected chi connectivity index (χ3v) is 4.26. The molecule has 1 aliphatic rings. The fourth-order valence-electron chi connectivity index (χ4n) is 2.83. The van der Waals surface area contributed by atoms with Crippen LogP contribution in [0.5, 0.6) is 11.5 Å². The third-order valence-electron chi connectivity index (χ3n) is 4.26. The molecule has 1 amide bonds. The Morgan fingerprint density at radius 3 is 2.72 bits per heavy atom. The van der Waals surface area contributed by atoms with Gasteiger partial charge in [-0.3, -0.25) is 4.79 Å². The predicted molar refractivity (Wildman–Crippen MR) is 97.2 cm³/mol. The predicted octanol–water partition coefficient (Wildman–Crippen LogP) is 2.25. The second-order valence-corrected chi connectivity index (χ2v) is 5.94. The lowest BCUT2D eigenvalue weighted by molar-refractivity contribution is 0.0522. The first-order valence-corrected chi connectivity index (χ1v) is 8.16. The summed E-state index contributed by atoms with van der Waals surface area (Å²) in [4.78, 5) is 17.0. The Morgan fingerprint density at radius 1 is 1.36 bits per heavy atom. The number of hydrogen-bond acceptors (Lipinski definition) is 5. The Morgan fingerprint density at radius 2 is 2.12 bits per heavy atom. The van der Waals surface area contributed by atoms with Gasteiger partial charge in [-0.15, -0.1) is 0 Å². The molecule has 1 aliphatic heterocycles. The van der Waals surface area contributed by atoms with Crippen molar-refractivity contribution in [3.63, 3.8) is 0 Å². The van der Waals surface area contributed by atoms with Crippen LogP contribution in [0, 0.1) is 0 Å². The monoisotopic (exact) mass is 337 g/mol. The number of ether oxygens (including phenoxy) is 2. The first-order valence-electron chi connectivity index (χ1n) is 8.16. The largest absolute Gasteiger partial charge is 0.496 e. The lowest BCUT2D eigenvalue weighted by Gasteiger charge is -2.39. The number of carbonyl (C=O) groups is 1. The summed E-state index contributed by atoms with van der Waals surface area (Å²) in [6.45, 7) is 3.06. The van der Waals surface area contributed by atoms with Gasteiger partial charge in [-0.05, 0) is 30.2 Å². The summed E-state index contributed by atoms with van der Waals surface area (Å²) >= 11 is 0. The summed E-state index contributed by atoms with van der Waals surface area (Å²) in [7, 11) is 6.86. The maximum atomic E-state index is 11.1. The van der Waals surface area contributed by atoms with Gasteiger partial charge in [0.15, 0.2) is 5.81 Å². The van der Waals surface area contributed by atoms with Gasteiger partial charge in [0, 0.05) is 11.6 Å². The van der Waals surface area contributed by atoms with E-state index in [1.165, 1.54) is 0 Å². The molecule has 2 radical (unpaired) electrons.